The molecule has 134 valence electrons. The summed E-state index contributed by atoms with van der Waals surface area (Å²) < 4.78 is 0. The van der Waals surface area contributed by atoms with Crippen molar-refractivity contribution >= 4 is 11.9 Å². The zero-order chi connectivity index (χ0) is 17.8. The number of aliphatic hydroxyl groups is 2. The van der Waals surface area contributed by atoms with Crippen LogP contribution in [-0.2, 0) is 22.4 Å². The first kappa shape index (κ1) is 20.3. The van der Waals surface area contributed by atoms with Gasteiger partial charge in [-0.1, -0.05) is 60.7 Å². The first-order valence-electron chi connectivity index (χ1n) is 7.29. The lowest BCUT2D eigenvalue weighted by molar-refractivity contribution is -0.206. The highest BCUT2D eigenvalue weighted by Crippen LogP contribution is 2.31. The van der Waals surface area contributed by atoms with Crippen molar-refractivity contribution < 1.29 is 35.5 Å². The van der Waals surface area contributed by atoms with Crippen LogP contribution in [0.5, 0.6) is 0 Å². The standard InChI is InChI=1S/C18H18O6.H2O/c19-15(20)17(23,11-13-7-3-1-4-8-13)18(24,16(21)22)12-14-9-5-2-6-10-14;/h1-10,23-24H,11-12H2,(H,19,20)(H,21,22);1H2/t17-,18-;/m1./s1. The first-order valence-corrected chi connectivity index (χ1v) is 7.29. The number of rotatable bonds is 7. The molecule has 0 radical (unpaired) electrons. The average Bonchev–Trinajstić information content (AvgIpc) is 2.56. The van der Waals surface area contributed by atoms with E-state index in [1.54, 1.807) is 60.7 Å². The Balaban J connectivity index is 0.00000312. The van der Waals surface area contributed by atoms with Crippen LogP contribution in [0.4, 0.5) is 0 Å². The van der Waals surface area contributed by atoms with E-state index in [-0.39, 0.29) is 5.48 Å². The summed E-state index contributed by atoms with van der Waals surface area (Å²) in [6, 6.07) is 16.2. The highest BCUT2D eigenvalue weighted by Gasteiger charge is 2.60. The first-order chi connectivity index (χ1) is 11.3. The third kappa shape index (κ3) is 4.03. The molecular weight excluding hydrogens is 328 g/mol. The second-order valence-corrected chi connectivity index (χ2v) is 5.66. The summed E-state index contributed by atoms with van der Waals surface area (Å²) in [5.41, 5.74) is -4.99. The number of benzene rings is 2. The normalized spacial score (nSPS) is 15.3. The molecule has 0 spiro atoms. The SMILES string of the molecule is O.O=C(O)[C@](O)(Cc1ccccc1)[C@@](O)(Cc1ccccc1)C(=O)O. The van der Waals surface area contributed by atoms with Crippen molar-refractivity contribution in [2.45, 2.75) is 24.0 Å². The quantitative estimate of drug-likeness (QED) is 0.565. The van der Waals surface area contributed by atoms with Crippen LogP contribution in [0.1, 0.15) is 11.1 Å². The summed E-state index contributed by atoms with van der Waals surface area (Å²) in [4.78, 5) is 23.4. The molecule has 2 aromatic carbocycles. The molecule has 2 rings (SSSR count). The van der Waals surface area contributed by atoms with E-state index >= 15 is 0 Å². The molecule has 0 aromatic heterocycles. The maximum absolute atomic E-state index is 11.7. The van der Waals surface area contributed by atoms with Crippen molar-refractivity contribution in [2.24, 2.45) is 0 Å². The van der Waals surface area contributed by atoms with E-state index in [1.165, 1.54) is 0 Å². The van der Waals surface area contributed by atoms with Crippen molar-refractivity contribution in [3.8, 4) is 0 Å². The van der Waals surface area contributed by atoms with Crippen LogP contribution in [0.2, 0.25) is 0 Å². The van der Waals surface area contributed by atoms with Gasteiger partial charge in [-0.3, -0.25) is 0 Å². The summed E-state index contributed by atoms with van der Waals surface area (Å²) in [6.45, 7) is 0. The Morgan fingerprint density at radius 2 is 0.960 bits per heavy atom. The maximum Gasteiger partial charge on any atom is 0.339 e. The van der Waals surface area contributed by atoms with E-state index in [0.717, 1.165) is 0 Å². The van der Waals surface area contributed by atoms with E-state index in [2.05, 4.69) is 0 Å². The minimum Gasteiger partial charge on any atom is -0.479 e. The van der Waals surface area contributed by atoms with Gasteiger partial charge >= 0.3 is 11.9 Å². The fourth-order valence-electron chi connectivity index (χ4n) is 2.58. The molecule has 0 saturated heterocycles. The van der Waals surface area contributed by atoms with Crippen LogP contribution < -0.4 is 0 Å². The van der Waals surface area contributed by atoms with Crippen molar-refractivity contribution in [1.29, 1.82) is 0 Å². The molecule has 7 heteroatoms. The second-order valence-electron chi connectivity index (χ2n) is 5.66. The third-order valence-corrected chi connectivity index (χ3v) is 4.00. The molecule has 7 nitrogen and oxygen atoms in total. The summed E-state index contributed by atoms with van der Waals surface area (Å²) >= 11 is 0. The number of aliphatic carboxylic acids is 2. The second kappa shape index (κ2) is 7.89. The van der Waals surface area contributed by atoms with Gasteiger partial charge in [0.25, 0.3) is 0 Å². The molecule has 0 aliphatic heterocycles. The Morgan fingerprint density at radius 1 is 0.680 bits per heavy atom. The molecule has 0 bridgehead atoms. The van der Waals surface area contributed by atoms with Crippen molar-refractivity contribution in [2.75, 3.05) is 0 Å². The molecule has 0 heterocycles. The molecule has 2 aromatic rings. The maximum atomic E-state index is 11.7. The van der Waals surface area contributed by atoms with Crippen molar-refractivity contribution in [3.05, 3.63) is 71.8 Å². The summed E-state index contributed by atoms with van der Waals surface area (Å²) in [5.74, 6) is -3.60. The molecular formula is C18H20O7. The number of carboxylic acids is 2. The topological polar surface area (TPSA) is 147 Å². The van der Waals surface area contributed by atoms with Gasteiger partial charge in [-0.2, -0.15) is 0 Å². The molecule has 0 aliphatic rings. The van der Waals surface area contributed by atoms with Gasteiger partial charge in [0.2, 0.25) is 11.2 Å². The summed E-state index contributed by atoms with van der Waals surface area (Å²) in [7, 11) is 0. The Bertz CT molecular complexity index is 653. The number of carbonyl (C=O) groups is 2. The highest BCUT2D eigenvalue weighted by atomic mass is 16.5. The smallest absolute Gasteiger partial charge is 0.339 e. The van der Waals surface area contributed by atoms with Crippen LogP contribution in [0.3, 0.4) is 0 Å². The minimum absolute atomic E-state index is 0. The number of carboxylic acid groups (broad SMARTS) is 2. The molecule has 0 unspecified atom stereocenters. The number of hydrogen-bond donors (Lipinski definition) is 4. The molecule has 0 fully saturated rings. The van der Waals surface area contributed by atoms with Crippen molar-refractivity contribution in [1.82, 2.24) is 0 Å². The van der Waals surface area contributed by atoms with Gasteiger partial charge in [-0.05, 0) is 11.1 Å². The van der Waals surface area contributed by atoms with Crippen molar-refractivity contribution in [3.63, 3.8) is 0 Å². The molecule has 0 amide bonds. The van der Waals surface area contributed by atoms with Gasteiger partial charge < -0.3 is 25.9 Å². The predicted molar refractivity (Wildman–Crippen MR) is 89.1 cm³/mol. The van der Waals surface area contributed by atoms with Crippen LogP contribution >= 0.6 is 0 Å². The Morgan fingerprint density at radius 3 is 1.20 bits per heavy atom. The Labute approximate surface area is 144 Å². The van der Waals surface area contributed by atoms with Crippen LogP contribution in [0.15, 0.2) is 60.7 Å². The fourth-order valence-corrected chi connectivity index (χ4v) is 2.58. The molecule has 0 saturated carbocycles. The van der Waals surface area contributed by atoms with Crippen LogP contribution in [-0.4, -0.2) is 49.0 Å². The monoisotopic (exact) mass is 348 g/mol. The Kier molecular flexibility index (Phi) is 6.41. The zero-order valence-electron chi connectivity index (χ0n) is 13.3. The average molecular weight is 348 g/mol. The van der Waals surface area contributed by atoms with Gasteiger partial charge in [0.15, 0.2) is 0 Å². The van der Waals surface area contributed by atoms with E-state index in [4.69, 9.17) is 0 Å². The van der Waals surface area contributed by atoms with E-state index < -0.39 is 36.0 Å². The molecule has 2 atom stereocenters. The van der Waals surface area contributed by atoms with Gasteiger partial charge in [-0.15, -0.1) is 0 Å². The highest BCUT2D eigenvalue weighted by molar-refractivity contribution is 5.91. The predicted octanol–water partition coefficient (Wildman–Crippen LogP) is 0.278. The van der Waals surface area contributed by atoms with E-state index in [1.807, 2.05) is 0 Å². The van der Waals surface area contributed by atoms with E-state index in [9.17, 15) is 30.0 Å². The van der Waals surface area contributed by atoms with E-state index in [0.29, 0.717) is 11.1 Å². The lowest BCUT2D eigenvalue weighted by Crippen LogP contribution is -2.66. The molecule has 25 heavy (non-hydrogen) atoms. The Hall–Kier alpha value is -2.74. The molecule has 0 aliphatic carbocycles. The largest absolute Gasteiger partial charge is 0.479 e. The van der Waals surface area contributed by atoms with Gasteiger partial charge in [-0.25, -0.2) is 9.59 Å². The van der Waals surface area contributed by atoms with Crippen LogP contribution in [0, 0.1) is 0 Å². The lowest BCUT2D eigenvalue weighted by Gasteiger charge is -2.37. The molecule has 6 N–H and O–H groups in total. The van der Waals surface area contributed by atoms with Gasteiger partial charge in [0, 0.05) is 12.8 Å². The summed E-state index contributed by atoms with van der Waals surface area (Å²) in [6.07, 6.45) is -1.09. The zero-order valence-corrected chi connectivity index (χ0v) is 13.3. The number of hydrogen-bond acceptors (Lipinski definition) is 4. The third-order valence-electron chi connectivity index (χ3n) is 4.00. The van der Waals surface area contributed by atoms with Gasteiger partial charge in [0.1, 0.15) is 0 Å². The van der Waals surface area contributed by atoms with Crippen LogP contribution in [0.25, 0.3) is 0 Å². The fraction of sp³-hybridized carbons (Fsp3) is 0.222. The lowest BCUT2D eigenvalue weighted by atomic mass is 9.74. The van der Waals surface area contributed by atoms with Gasteiger partial charge in [0.05, 0.1) is 0 Å². The minimum atomic E-state index is -2.89. The summed E-state index contributed by atoms with van der Waals surface area (Å²) in [5, 5.41) is 40.3.